The van der Waals surface area contributed by atoms with Gasteiger partial charge in [-0.3, -0.25) is 24.6 Å². The third-order valence-corrected chi connectivity index (χ3v) is 5.41. The summed E-state index contributed by atoms with van der Waals surface area (Å²) in [5, 5.41) is 5.04. The van der Waals surface area contributed by atoms with Crippen LogP contribution in [-0.4, -0.2) is 59.9 Å². The molecule has 2 aliphatic heterocycles. The van der Waals surface area contributed by atoms with E-state index in [1.54, 1.807) is 20.8 Å². The van der Waals surface area contributed by atoms with Crippen molar-refractivity contribution in [2.45, 2.75) is 63.5 Å². The summed E-state index contributed by atoms with van der Waals surface area (Å²) in [6, 6.07) is 3.13. The lowest BCUT2D eigenvalue weighted by Gasteiger charge is -2.38. The molecule has 2 heterocycles. The van der Waals surface area contributed by atoms with Crippen molar-refractivity contribution >= 4 is 23.5 Å². The van der Waals surface area contributed by atoms with E-state index in [1.165, 1.54) is 17.0 Å². The minimum Gasteiger partial charge on any atom is -0.459 e. The van der Waals surface area contributed by atoms with Gasteiger partial charge in [-0.25, -0.2) is 13.2 Å². The zero-order valence-electron chi connectivity index (χ0n) is 18.3. The Morgan fingerprint density at radius 2 is 2.00 bits per heavy atom. The van der Waals surface area contributed by atoms with E-state index in [0.717, 1.165) is 6.07 Å². The number of likely N-dealkylation sites (tertiary alicyclic amines) is 1. The maximum atomic E-state index is 14.9. The molecule has 32 heavy (non-hydrogen) atoms. The van der Waals surface area contributed by atoms with Crippen LogP contribution < -0.4 is 10.6 Å². The van der Waals surface area contributed by atoms with Crippen LogP contribution in [0.5, 0.6) is 0 Å². The highest BCUT2D eigenvalue weighted by Crippen LogP contribution is 2.41. The van der Waals surface area contributed by atoms with Gasteiger partial charge in [0.25, 0.3) is 5.92 Å². The van der Waals surface area contributed by atoms with Gasteiger partial charge in [0, 0.05) is 12.1 Å². The first-order valence-corrected chi connectivity index (χ1v) is 10.6. The normalized spacial score (nSPS) is 24.1. The molecule has 2 unspecified atom stereocenters. The molecule has 0 bridgehead atoms. The number of ether oxygens (including phenoxy) is 1. The van der Waals surface area contributed by atoms with Crippen molar-refractivity contribution in [2.24, 2.45) is 0 Å². The molecular formula is C22H28F3N3O4. The van der Waals surface area contributed by atoms with E-state index in [1.807, 2.05) is 0 Å². The number of hydrogen-bond donors (Lipinski definition) is 2. The number of amides is 2. The van der Waals surface area contributed by atoms with E-state index >= 15 is 0 Å². The molecule has 0 aliphatic carbocycles. The van der Waals surface area contributed by atoms with Gasteiger partial charge in [0.15, 0.2) is 0 Å². The van der Waals surface area contributed by atoms with Crippen LogP contribution in [0.1, 0.15) is 51.5 Å². The van der Waals surface area contributed by atoms with Gasteiger partial charge in [0.2, 0.25) is 11.8 Å². The van der Waals surface area contributed by atoms with Gasteiger partial charge in [0.05, 0.1) is 19.0 Å². The Balaban J connectivity index is 1.64. The van der Waals surface area contributed by atoms with Gasteiger partial charge >= 0.3 is 5.97 Å². The molecule has 1 aromatic rings. The van der Waals surface area contributed by atoms with Crippen molar-refractivity contribution in [3.05, 3.63) is 29.6 Å². The van der Waals surface area contributed by atoms with Crippen LogP contribution >= 0.6 is 0 Å². The second-order valence-electron chi connectivity index (χ2n) is 9.28. The van der Waals surface area contributed by atoms with E-state index in [2.05, 4.69) is 10.6 Å². The van der Waals surface area contributed by atoms with Crippen molar-refractivity contribution in [3.8, 4) is 0 Å². The van der Waals surface area contributed by atoms with E-state index in [9.17, 15) is 27.6 Å². The third kappa shape index (κ3) is 5.99. The van der Waals surface area contributed by atoms with Crippen LogP contribution in [0.15, 0.2) is 18.2 Å². The number of carbonyl (C=O) groups excluding carboxylic acids is 3. The standard InChI is InChI=1S/C22H28F3N3O4/c1-21(2,3)32-19(30)11-28-9-8-15(22(24,25)12-28)14-5-4-13(10-16(14)23)26-17-6-7-18(29)27-20(17)31/h4-5,10,15,17,26H,6-9,11-12H2,1-3H3,(H,27,29,31). The highest BCUT2D eigenvalue weighted by atomic mass is 19.3. The molecular weight excluding hydrogens is 427 g/mol. The number of anilines is 1. The number of alkyl halides is 2. The molecule has 2 N–H and O–H groups in total. The Hall–Kier alpha value is -2.62. The molecule has 2 saturated heterocycles. The van der Waals surface area contributed by atoms with Crippen molar-refractivity contribution in [2.75, 3.05) is 25.0 Å². The van der Waals surface area contributed by atoms with Crippen molar-refractivity contribution in [1.82, 2.24) is 10.2 Å². The predicted molar refractivity (Wildman–Crippen MR) is 111 cm³/mol. The van der Waals surface area contributed by atoms with Crippen molar-refractivity contribution in [1.29, 1.82) is 0 Å². The number of halogens is 3. The van der Waals surface area contributed by atoms with Gasteiger partial charge in [-0.05, 0) is 57.9 Å². The highest BCUT2D eigenvalue weighted by Gasteiger charge is 2.46. The lowest BCUT2D eigenvalue weighted by atomic mass is 9.85. The molecule has 10 heteroatoms. The summed E-state index contributed by atoms with van der Waals surface area (Å²) >= 11 is 0. The first-order chi connectivity index (χ1) is 14.8. The Labute approximate surface area is 184 Å². The molecule has 2 atom stereocenters. The first-order valence-electron chi connectivity index (χ1n) is 10.6. The first kappa shape index (κ1) is 24.0. The summed E-state index contributed by atoms with van der Waals surface area (Å²) < 4.78 is 49.7. The van der Waals surface area contributed by atoms with E-state index < -0.39 is 47.7 Å². The number of esters is 1. The second kappa shape index (κ2) is 9.09. The molecule has 2 fully saturated rings. The molecule has 3 rings (SSSR count). The quantitative estimate of drug-likeness (QED) is 0.525. The summed E-state index contributed by atoms with van der Waals surface area (Å²) in [5.41, 5.74) is -0.544. The van der Waals surface area contributed by atoms with Crippen molar-refractivity contribution in [3.63, 3.8) is 0 Å². The minimum atomic E-state index is -3.24. The second-order valence-corrected chi connectivity index (χ2v) is 9.28. The Morgan fingerprint density at radius 3 is 2.59 bits per heavy atom. The van der Waals surface area contributed by atoms with Crippen LogP contribution in [0.2, 0.25) is 0 Å². The largest absolute Gasteiger partial charge is 0.459 e. The average Bonchev–Trinajstić information content (AvgIpc) is 2.63. The number of benzene rings is 1. The summed E-state index contributed by atoms with van der Waals surface area (Å²) in [6.45, 7) is 4.38. The number of nitrogens with one attached hydrogen (secondary N) is 2. The third-order valence-electron chi connectivity index (χ3n) is 5.41. The smallest absolute Gasteiger partial charge is 0.320 e. The topological polar surface area (TPSA) is 87.7 Å². The number of carbonyl (C=O) groups is 3. The van der Waals surface area contributed by atoms with E-state index in [4.69, 9.17) is 4.74 Å². The molecule has 2 aliphatic rings. The average molecular weight is 455 g/mol. The number of hydrogen-bond acceptors (Lipinski definition) is 6. The zero-order chi connectivity index (χ0) is 23.7. The molecule has 1 aromatic carbocycles. The maximum Gasteiger partial charge on any atom is 0.320 e. The van der Waals surface area contributed by atoms with Gasteiger partial charge in [0.1, 0.15) is 17.5 Å². The molecule has 0 saturated carbocycles. The van der Waals surface area contributed by atoms with E-state index in [0.29, 0.717) is 0 Å². The number of nitrogens with zero attached hydrogens (tertiary/aromatic N) is 1. The van der Waals surface area contributed by atoms with E-state index in [-0.39, 0.29) is 49.5 Å². The van der Waals surface area contributed by atoms with Gasteiger partial charge in [-0.1, -0.05) is 6.07 Å². The summed E-state index contributed by atoms with van der Waals surface area (Å²) in [6.07, 6.45) is 0.410. The Morgan fingerprint density at radius 1 is 1.28 bits per heavy atom. The predicted octanol–water partition coefficient (Wildman–Crippen LogP) is 2.81. The van der Waals surface area contributed by atoms with Gasteiger partial charge < -0.3 is 10.1 Å². The summed E-state index contributed by atoms with van der Waals surface area (Å²) in [5.74, 6) is -6.82. The van der Waals surface area contributed by atoms with Crippen molar-refractivity contribution < 1.29 is 32.3 Å². The molecule has 176 valence electrons. The number of imide groups is 1. The zero-order valence-corrected chi connectivity index (χ0v) is 18.3. The summed E-state index contributed by atoms with van der Waals surface area (Å²) in [4.78, 5) is 36.4. The van der Waals surface area contributed by atoms with Crippen LogP contribution in [0.4, 0.5) is 18.9 Å². The Kier molecular flexibility index (Phi) is 6.83. The maximum absolute atomic E-state index is 14.9. The molecule has 0 aromatic heterocycles. The highest BCUT2D eigenvalue weighted by molar-refractivity contribution is 6.01. The fourth-order valence-corrected chi connectivity index (χ4v) is 4.02. The van der Waals surface area contributed by atoms with Gasteiger partial charge in [-0.2, -0.15) is 0 Å². The van der Waals surface area contributed by atoms with Gasteiger partial charge in [-0.15, -0.1) is 0 Å². The lowest BCUT2D eigenvalue weighted by Crippen LogP contribution is -2.49. The Bertz CT molecular complexity index is 901. The number of piperidine rings is 2. The minimum absolute atomic E-state index is 0.0212. The van der Waals surface area contributed by atoms with Crippen LogP contribution in [0.25, 0.3) is 0 Å². The monoisotopic (exact) mass is 455 g/mol. The molecule has 0 spiro atoms. The van der Waals surface area contributed by atoms with Crippen LogP contribution in [0, 0.1) is 5.82 Å². The molecule has 0 radical (unpaired) electrons. The lowest BCUT2D eigenvalue weighted by molar-refractivity contribution is -0.159. The molecule has 2 amide bonds. The van der Waals surface area contributed by atoms with Crippen LogP contribution in [-0.2, 0) is 19.1 Å². The molecule has 7 nitrogen and oxygen atoms in total. The van der Waals surface area contributed by atoms with Crippen LogP contribution in [0.3, 0.4) is 0 Å². The SMILES string of the molecule is CC(C)(C)OC(=O)CN1CCC(c2ccc(NC3CCC(=O)NC3=O)cc2F)C(F)(F)C1. The number of rotatable bonds is 5. The fraction of sp³-hybridized carbons (Fsp3) is 0.591. The fourth-order valence-electron chi connectivity index (χ4n) is 4.02. The summed E-state index contributed by atoms with van der Waals surface area (Å²) in [7, 11) is 0.